The first-order chi connectivity index (χ1) is 11.1. The molecule has 0 aromatic carbocycles. The van der Waals surface area contributed by atoms with E-state index in [2.05, 4.69) is 46.6 Å². The van der Waals surface area contributed by atoms with Crippen LogP contribution in [0.4, 0.5) is 0 Å². The van der Waals surface area contributed by atoms with E-state index in [1.165, 1.54) is 32.4 Å². The number of aromatic nitrogens is 1. The quantitative estimate of drug-likeness (QED) is 0.621. The number of likely N-dealkylation sites (tertiary alicyclic amines) is 1. The minimum absolute atomic E-state index is 0.388. The normalized spacial score (nSPS) is 17.7. The van der Waals surface area contributed by atoms with Crippen molar-refractivity contribution in [1.82, 2.24) is 20.7 Å². The number of nitrogens with zero attached hydrogens (tertiary/aromatic N) is 3. The average molecular weight is 321 g/mol. The zero-order valence-electron chi connectivity index (χ0n) is 14.9. The largest absolute Gasteiger partial charge is 0.359 e. The van der Waals surface area contributed by atoms with Crippen molar-refractivity contribution in [2.75, 3.05) is 33.7 Å². The molecule has 0 radical (unpaired) electrons. The smallest absolute Gasteiger partial charge is 0.191 e. The Morgan fingerprint density at radius 3 is 2.74 bits per heavy atom. The summed E-state index contributed by atoms with van der Waals surface area (Å²) in [4.78, 5) is 6.67. The number of aliphatic imine (C=N–C) groups is 1. The molecule has 0 spiro atoms. The van der Waals surface area contributed by atoms with Crippen LogP contribution in [0.15, 0.2) is 15.6 Å². The van der Waals surface area contributed by atoms with Crippen LogP contribution in [-0.4, -0.2) is 49.7 Å². The highest BCUT2D eigenvalue weighted by Gasteiger charge is 2.16. The summed E-state index contributed by atoms with van der Waals surface area (Å²) in [5, 5.41) is 10.7. The summed E-state index contributed by atoms with van der Waals surface area (Å²) in [7, 11) is 4.00. The molecule has 1 aliphatic rings. The monoisotopic (exact) mass is 321 g/mol. The van der Waals surface area contributed by atoms with Crippen molar-refractivity contribution in [3.63, 3.8) is 0 Å². The van der Waals surface area contributed by atoms with Gasteiger partial charge in [0.25, 0.3) is 0 Å². The Hall–Kier alpha value is -1.56. The number of guanidine groups is 1. The number of hydrogen-bond donors (Lipinski definition) is 2. The molecule has 0 bridgehead atoms. The van der Waals surface area contributed by atoms with Crippen molar-refractivity contribution >= 4 is 5.96 Å². The van der Waals surface area contributed by atoms with Gasteiger partial charge in [-0.3, -0.25) is 4.99 Å². The topological polar surface area (TPSA) is 65.7 Å². The molecular weight excluding hydrogens is 290 g/mol. The zero-order valence-corrected chi connectivity index (χ0v) is 14.9. The Morgan fingerprint density at radius 1 is 1.39 bits per heavy atom. The third-order valence-electron chi connectivity index (χ3n) is 4.51. The molecular formula is C17H31N5O. The summed E-state index contributed by atoms with van der Waals surface area (Å²) >= 11 is 0. The van der Waals surface area contributed by atoms with Crippen molar-refractivity contribution in [2.24, 2.45) is 10.9 Å². The number of rotatable bonds is 6. The van der Waals surface area contributed by atoms with Crippen LogP contribution in [0.5, 0.6) is 0 Å². The maximum Gasteiger partial charge on any atom is 0.191 e. The van der Waals surface area contributed by atoms with Crippen molar-refractivity contribution in [1.29, 1.82) is 0 Å². The molecule has 1 aliphatic heterocycles. The van der Waals surface area contributed by atoms with E-state index in [1.54, 1.807) is 7.05 Å². The highest BCUT2D eigenvalue weighted by molar-refractivity contribution is 5.79. The van der Waals surface area contributed by atoms with Crippen LogP contribution < -0.4 is 10.6 Å². The molecule has 0 aliphatic carbocycles. The first kappa shape index (κ1) is 17.8. The SMILES string of the molecule is CN=C(NCCC1CCN(C)CC1)NCc1cc(C(C)C)no1. The minimum Gasteiger partial charge on any atom is -0.359 e. The van der Waals surface area contributed by atoms with Gasteiger partial charge in [-0.2, -0.15) is 0 Å². The van der Waals surface area contributed by atoms with Crippen molar-refractivity contribution in [2.45, 2.75) is 45.6 Å². The molecule has 0 amide bonds. The Kier molecular flexibility index (Phi) is 6.89. The van der Waals surface area contributed by atoms with E-state index in [4.69, 9.17) is 4.52 Å². The third-order valence-corrected chi connectivity index (χ3v) is 4.51. The fourth-order valence-corrected chi connectivity index (χ4v) is 2.82. The second kappa shape index (κ2) is 8.91. The highest BCUT2D eigenvalue weighted by Crippen LogP contribution is 2.18. The number of nitrogens with one attached hydrogen (secondary N) is 2. The summed E-state index contributed by atoms with van der Waals surface area (Å²) in [5.74, 6) is 2.88. The van der Waals surface area contributed by atoms with Gasteiger partial charge in [0.15, 0.2) is 11.7 Å². The molecule has 0 unspecified atom stereocenters. The second-order valence-electron chi connectivity index (χ2n) is 6.76. The summed E-state index contributed by atoms with van der Waals surface area (Å²) in [6.07, 6.45) is 3.81. The molecule has 6 nitrogen and oxygen atoms in total. The summed E-state index contributed by atoms with van der Waals surface area (Å²) in [6.45, 7) is 8.23. The van der Waals surface area contributed by atoms with E-state index in [0.29, 0.717) is 12.5 Å². The van der Waals surface area contributed by atoms with Gasteiger partial charge in [-0.25, -0.2) is 0 Å². The zero-order chi connectivity index (χ0) is 16.7. The van der Waals surface area contributed by atoms with Crippen molar-refractivity contribution in [3.05, 3.63) is 17.5 Å². The van der Waals surface area contributed by atoms with Crippen LogP contribution in [0.25, 0.3) is 0 Å². The predicted molar refractivity (Wildman–Crippen MR) is 93.6 cm³/mol. The summed E-state index contributed by atoms with van der Waals surface area (Å²) in [5.41, 5.74) is 0.993. The molecule has 1 saturated heterocycles. The number of hydrogen-bond acceptors (Lipinski definition) is 4. The average Bonchev–Trinajstić information content (AvgIpc) is 3.01. The van der Waals surface area contributed by atoms with Crippen molar-refractivity contribution < 1.29 is 4.52 Å². The van der Waals surface area contributed by atoms with Crippen LogP contribution in [0.2, 0.25) is 0 Å². The molecule has 6 heteroatoms. The van der Waals surface area contributed by atoms with E-state index < -0.39 is 0 Å². The Morgan fingerprint density at radius 2 is 2.13 bits per heavy atom. The fourth-order valence-electron chi connectivity index (χ4n) is 2.82. The second-order valence-corrected chi connectivity index (χ2v) is 6.76. The van der Waals surface area contributed by atoms with Gasteiger partial charge in [0.1, 0.15) is 0 Å². The molecule has 1 aromatic heterocycles. The molecule has 1 fully saturated rings. The van der Waals surface area contributed by atoms with Gasteiger partial charge < -0.3 is 20.1 Å². The standard InChI is InChI=1S/C17H31N5O/c1-13(2)16-11-15(23-21-16)12-20-17(18-3)19-8-5-14-6-9-22(4)10-7-14/h11,13-14H,5-10,12H2,1-4H3,(H2,18,19,20). The van der Waals surface area contributed by atoms with Gasteiger partial charge in [0.05, 0.1) is 12.2 Å². The Balaban J connectivity index is 1.67. The highest BCUT2D eigenvalue weighted by atomic mass is 16.5. The predicted octanol–water partition coefficient (Wildman–Crippen LogP) is 2.19. The Bertz CT molecular complexity index is 489. The molecule has 23 heavy (non-hydrogen) atoms. The Labute approximate surface area is 139 Å². The van der Waals surface area contributed by atoms with Gasteiger partial charge in [-0.1, -0.05) is 19.0 Å². The first-order valence-corrected chi connectivity index (χ1v) is 8.67. The molecule has 1 aromatic rings. The van der Waals surface area contributed by atoms with Crippen LogP contribution >= 0.6 is 0 Å². The summed E-state index contributed by atoms with van der Waals surface area (Å²) < 4.78 is 5.33. The molecule has 0 saturated carbocycles. The lowest BCUT2D eigenvalue weighted by atomic mass is 9.94. The molecule has 130 valence electrons. The molecule has 2 N–H and O–H groups in total. The van der Waals surface area contributed by atoms with E-state index in [9.17, 15) is 0 Å². The van der Waals surface area contributed by atoms with Gasteiger partial charge >= 0.3 is 0 Å². The van der Waals surface area contributed by atoms with E-state index in [0.717, 1.165) is 29.9 Å². The lowest BCUT2D eigenvalue weighted by Gasteiger charge is -2.29. The van der Waals surface area contributed by atoms with E-state index >= 15 is 0 Å². The van der Waals surface area contributed by atoms with Crippen LogP contribution in [0.1, 0.15) is 50.5 Å². The van der Waals surface area contributed by atoms with Gasteiger partial charge in [-0.15, -0.1) is 0 Å². The van der Waals surface area contributed by atoms with E-state index in [1.807, 2.05) is 6.07 Å². The first-order valence-electron chi connectivity index (χ1n) is 8.67. The fraction of sp³-hybridized carbons (Fsp3) is 0.765. The minimum atomic E-state index is 0.388. The third kappa shape index (κ3) is 5.86. The lowest BCUT2D eigenvalue weighted by molar-refractivity contribution is 0.213. The molecule has 0 atom stereocenters. The maximum absolute atomic E-state index is 5.33. The number of piperidine rings is 1. The maximum atomic E-state index is 5.33. The summed E-state index contributed by atoms with van der Waals surface area (Å²) in [6, 6.07) is 2.00. The van der Waals surface area contributed by atoms with E-state index in [-0.39, 0.29) is 0 Å². The van der Waals surface area contributed by atoms with Gasteiger partial charge in [0.2, 0.25) is 0 Å². The van der Waals surface area contributed by atoms with Gasteiger partial charge in [0, 0.05) is 19.7 Å². The van der Waals surface area contributed by atoms with Gasteiger partial charge in [-0.05, 0) is 51.2 Å². The lowest BCUT2D eigenvalue weighted by Crippen LogP contribution is -2.38. The molecule has 2 heterocycles. The van der Waals surface area contributed by atoms with Crippen LogP contribution in [-0.2, 0) is 6.54 Å². The van der Waals surface area contributed by atoms with Crippen LogP contribution in [0, 0.1) is 5.92 Å². The van der Waals surface area contributed by atoms with Crippen LogP contribution in [0.3, 0.4) is 0 Å². The van der Waals surface area contributed by atoms with Crippen molar-refractivity contribution in [3.8, 4) is 0 Å². The molecule has 2 rings (SSSR count).